The van der Waals surface area contributed by atoms with Gasteiger partial charge in [-0.05, 0) is 19.8 Å². The van der Waals surface area contributed by atoms with Crippen molar-refractivity contribution < 1.29 is 14.7 Å². The van der Waals surface area contributed by atoms with Crippen LogP contribution in [-0.2, 0) is 23.1 Å². The fourth-order valence-electron chi connectivity index (χ4n) is 2.16. The first-order valence-corrected chi connectivity index (χ1v) is 6.82. The summed E-state index contributed by atoms with van der Waals surface area (Å²) in [5.74, 6) is -0.939. The summed E-state index contributed by atoms with van der Waals surface area (Å²) in [4.78, 5) is 22.6. The Bertz CT molecular complexity index is 494. The van der Waals surface area contributed by atoms with E-state index in [0.29, 0.717) is 6.54 Å². The highest BCUT2D eigenvalue weighted by Crippen LogP contribution is 2.13. The molecule has 0 spiro atoms. The Morgan fingerprint density at radius 1 is 1.40 bits per heavy atom. The molecule has 1 aromatic rings. The fourth-order valence-corrected chi connectivity index (χ4v) is 2.16. The van der Waals surface area contributed by atoms with Crippen LogP contribution in [-0.4, -0.2) is 33.3 Å². The van der Waals surface area contributed by atoms with E-state index >= 15 is 0 Å². The second-order valence-electron chi connectivity index (χ2n) is 5.13. The number of nitrogens with zero attached hydrogens (tertiary/aromatic N) is 2. The van der Waals surface area contributed by atoms with Crippen LogP contribution in [0.2, 0.25) is 0 Å². The Balaban J connectivity index is 2.53. The third kappa shape index (κ3) is 4.36. The molecule has 0 aliphatic rings. The maximum Gasteiger partial charge on any atom is 0.303 e. The largest absolute Gasteiger partial charge is 0.481 e. The Labute approximate surface area is 119 Å². The number of carbonyl (C=O) groups is 2. The molecule has 0 aliphatic heterocycles. The maximum absolute atomic E-state index is 11.9. The molecule has 2 N–H and O–H groups in total. The molecule has 1 heterocycles. The first-order chi connectivity index (χ1) is 9.35. The summed E-state index contributed by atoms with van der Waals surface area (Å²) in [7, 11) is 1.85. The predicted molar refractivity (Wildman–Crippen MR) is 75.4 cm³/mol. The van der Waals surface area contributed by atoms with Gasteiger partial charge in [0, 0.05) is 31.3 Å². The van der Waals surface area contributed by atoms with Crippen molar-refractivity contribution in [2.75, 3.05) is 6.54 Å². The predicted octanol–water partition coefficient (Wildman–Crippen LogP) is 1.20. The fraction of sp³-hybridized carbons (Fsp3) is 0.643. The lowest BCUT2D eigenvalue weighted by Crippen LogP contribution is -2.31. The lowest BCUT2D eigenvalue weighted by Gasteiger charge is -2.13. The van der Waals surface area contributed by atoms with E-state index in [1.54, 1.807) is 4.68 Å². The van der Waals surface area contributed by atoms with Crippen LogP contribution in [0.1, 0.15) is 36.7 Å². The minimum absolute atomic E-state index is 0.0208. The van der Waals surface area contributed by atoms with Gasteiger partial charge in [0.15, 0.2) is 0 Å². The standard InChI is InChI=1S/C14H23N3O3/c1-5-11(6-14(19)20)8-15-13(18)7-12-9(2)16-17(4)10(12)3/h11H,5-8H2,1-4H3,(H,15,18)(H,19,20). The van der Waals surface area contributed by atoms with Gasteiger partial charge in [-0.1, -0.05) is 13.3 Å². The molecule has 1 atom stereocenters. The van der Waals surface area contributed by atoms with E-state index in [1.807, 2.05) is 27.8 Å². The van der Waals surface area contributed by atoms with Crippen LogP contribution in [0.5, 0.6) is 0 Å². The smallest absolute Gasteiger partial charge is 0.303 e. The van der Waals surface area contributed by atoms with Gasteiger partial charge in [-0.2, -0.15) is 5.10 Å². The first-order valence-electron chi connectivity index (χ1n) is 6.82. The van der Waals surface area contributed by atoms with Gasteiger partial charge in [-0.3, -0.25) is 14.3 Å². The molecule has 6 nitrogen and oxygen atoms in total. The summed E-state index contributed by atoms with van der Waals surface area (Å²) >= 11 is 0. The van der Waals surface area contributed by atoms with Crippen LogP contribution in [0.4, 0.5) is 0 Å². The van der Waals surface area contributed by atoms with E-state index in [4.69, 9.17) is 5.11 Å². The molecule has 0 bridgehead atoms. The molecule has 0 aromatic carbocycles. The molecule has 20 heavy (non-hydrogen) atoms. The average Bonchev–Trinajstić information content (AvgIpc) is 2.60. The third-order valence-electron chi connectivity index (χ3n) is 3.62. The number of amides is 1. The molecule has 1 rings (SSSR count). The number of rotatable bonds is 7. The zero-order valence-corrected chi connectivity index (χ0v) is 12.6. The number of carboxylic acid groups (broad SMARTS) is 1. The number of aryl methyl sites for hydroxylation is 2. The van der Waals surface area contributed by atoms with Crippen LogP contribution < -0.4 is 5.32 Å². The number of nitrogens with one attached hydrogen (secondary N) is 1. The summed E-state index contributed by atoms with van der Waals surface area (Å²) < 4.78 is 1.76. The van der Waals surface area contributed by atoms with Gasteiger partial charge >= 0.3 is 5.97 Å². The minimum Gasteiger partial charge on any atom is -0.481 e. The molecule has 1 aromatic heterocycles. The molecule has 112 valence electrons. The topological polar surface area (TPSA) is 84.2 Å². The normalized spacial score (nSPS) is 12.2. The number of carboxylic acids is 1. The van der Waals surface area contributed by atoms with Crippen LogP contribution in [0, 0.1) is 19.8 Å². The highest BCUT2D eigenvalue weighted by Gasteiger charge is 2.15. The van der Waals surface area contributed by atoms with Crippen LogP contribution >= 0.6 is 0 Å². The van der Waals surface area contributed by atoms with Gasteiger partial charge in [-0.25, -0.2) is 0 Å². The van der Waals surface area contributed by atoms with Gasteiger partial charge in [0.2, 0.25) is 5.91 Å². The van der Waals surface area contributed by atoms with E-state index in [1.165, 1.54) is 0 Å². The molecule has 0 saturated carbocycles. The first kappa shape index (κ1) is 16.2. The second-order valence-corrected chi connectivity index (χ2v) is 5.13. The monoisotopic (exact) mass is 281 g/mol. The number of hydrogen-bond donors (Lipinski definition) is 2. The van der Waals surface area contributed by atoms with Crippen molar-refractivity contribution in [1.82, 2.24) is 15.1 Å². The van der Waals surface area contributed by atoms with Crippen molar-refractivity contribution in [3.63, 3.8) is 0 Å². The van der Waals surface area contributed by atoms with Crippen LogP contribution in [0.25, 0.3) is 0 Å². The molecule has 1 unspecified atom stereocenters. The summed E-state index contributed by atoms with van der Waals surface area (Å²) in [5.41, 5.74) is 2.78. The third-order valence-corrected chi connectivity index (χ3v) is 3.62. The zero-order chi connectivity index (χ0) is 15.3. The SMILES string of the molecule is CCC(CNC(=O)Cc1c(C)nn(C)c1C)CC(=O)O. The Morgan fingerprint density at radius 2 is 2.05 bits per heavy atom. The summed E-state index contributed by atoms with van der Waals surface area (Å²) in [6.07, 6.45) is 1.11. The van der Waals surface area contributed by atoms with Crippen LogP contribution in [0.15, 0.2) is 0 Å². The number of aliphatic carboxylic acids is 1. The molecule has 0 radical (unpaired) electrons. The van der Waals surface area contributed by atoms with Crippen molar-refractivity contribution in [3.8, 4) is 0 Å². The van der Waals surface area contributed by atoms with E-state index < -0.39 is 5.97 Å². The summed E-state index contributed by atoms with van der Waals surface area (Å²) in [6, 6.07) is 0. The maximum atomic E-state index is 11.9. The number of aromatic nitrogens is 2. The molecule has 6 heteroatoms. The van der Waals surface area contributed by atoms with Crippen molar-refractivity contribution in [1.29, 1.82) is 0 Å². The Kier molecular flexibility index (Phi) is 5.73. The minimum atomic E-state index is -0.829. The lowest BCUT2D eigenvalue weighted by molar-refractivity contribution is -0.138. The van der Waals surface area contributed by atoms with Gasteiger partial charge in [0.25, 0.3) is 0 Å². The highest BCUT2D eigenvalue weighted by molar-refractivity contribution is 5.79. The molecule has 0 fully saturated rings. The van der Waals surface area contributed by atoms with E-state index in [2.05, 4.69) is 10.4 Å². The van der Waals surface area contributed by atoms with E-state index in [-0.39, 0.29) is 24.7 Å². The van der Waals surface area contributed by atoms with Crippen molar-refractivity contribution >= 4 is 11.9 Å². The van der Waals surface area contributed by atoms with E-state index in [0.717, 1.165) is 23.4 Å². The Morgan fingerprint density at radius 3 is 2.50 bits per heavy atom. The molecule has 1 amide bonds. The van der Waals surface area contributed by atoms with Crippen molar-refractivity contribution in [2.24, 2.45) is 13.0 Å². The van der Waals surface area contributed by atoms with Crippen molar-refractivity contribution in [3.05, 3.63) is 17.0 Å². The van der Waals surface area contributed by atoms with Gasteiger partial charge in [0.1, 0.15) is 0 Å². The second kappa shape index (κ2) is 7.07. The summed E-state index contributed by atoms with van der Waals surface area (Å²) in [5, 5.41) is 15.9. The zero-order valence-electron chi connectivity index (χ0n) is 12.6. The number of hydrogen-bond acceptors (Lipinski definition) is 3. The van der Waals surface area contributed by atoms with Gasteiger partial charge in [-0.15, -0.1) is 0 Å². The summed E-state index contributed by atoms with van der Waals surface area (Å²) in [6.45, 7) is 6.14. The lowest BCUT2D eigenvalue weighted by atomic mass is 10.0. The molecular formula is C14H23N3O3. The van der Waals surface area contributed by atoms with E-state index in [9.17, 15) is 9.59 Å². The molecule has 0 saturated heterocycles. The average molecular weight is 281 g/mol. The van der Waals surface area contributed by atoms with Crippen LogP contribution in [0.3, 0.4) is 0 Å². The van der Waals surface area contributed by atoms with Gasteiger partial charge in [0.05, 0.1) is 12.1 Å². The molecular weight excluding hydrogens is 258 g/mol. The Hall–Kier alpha value is -1.85. The number of carbonyl (C=O) groups excluding carboxylic acids is 1. The quantitative estimate of drug-likeness (QED) is 0.786. The van der Waals surface area contributed by atoms with Gasteiger partial charge < -0.3 is 10.4 Å². The van der Waals surface area contributed by atoms with Crippen molar-refractivity contribution in [2.45, 2.75) is 40.0 Å². The molecule has 0 aliphatic carbocycles. The highest BCUT2D eigenvalue weighted by atomic mass is 16.4.